The van der Waals surface area contributed by atoms with E-state index in [-0.39, 0.29) is 29.1 Å². The molecule has 0 saturated heterocycles. The Hall–Kier alpha value is -4.73. The summed E-state index contributed by atoms with van der Waals surface area (Å²) >= 11 is 0. The van der Waals surface area contributed by atoms with Crippen molar-refractivity contribution in [2.24, 2.45) is 0 Å². The number of rotatable bonds is 7. The molecule has 10 heteroatoms. The summed E-state index contributed by atoms with van der Waals surface area (Å²) in [6.07, 6.45) is 1.48. The number of hydrogen-bond donors (Lipinski definition) is 2. The fourth-order valence-corrected chi connectivity index (χ4v) is 3.36. The molecule has 1 aliphatic rings. The number of anilines is 2. The first-order chi connectivity index (χ1) is 16.3. The Kier molecular flexibility index (Phi) is 6.22. The van der Waals surface area contributed by atoms with Crippen LogP contribution >= 0.6 is 0 Å². The first kappa shape index (κ1) is 22.5. The van der Waals surface area contributed by atoms with E-state index in [1.807, 2.05) is 0 Å². The van der Waals surface area contributed by atoms with Crippen molar-refractivity contribution >= 4 is 41.0 Å². The molecule has 4 amide bonds. The first-order valence-electron chi connectivity index (χ1n) is 10.2. The van der Waals surface area contributed by atoms with E-state index in [9.17, 15) is 24.0 Å². The molecule has 10 nitrogen and oxygen atoms in total. The zero-order chi connectivity index (χ0) is 24.2. The zero-order valence-electron chi connectivity index (χ0n) is 18.0. The molecule has 0 saturated carbocycles. The minimum atomic E-state index is -0.811. The van der Waals surface area contributed by atoms with E-state index < -0.39 is 30.3 Å². The van der Waals surface area contributed by atoms with Crippen LogP contribution in [0.2, 0.25) is 0 Å². The maximum absolute atomic E-state index is 12.9. The summed E-state index contributed by atoms with van der Waals surface area (Å²) in [6.45, 7) is 1.00. The molecule has 0 spiro atoms. The quantitative estimate of drug-likeness (QED) is 0.408. The van der Waals surface area contributed by atoms with Crippen LogP contribution in [0.25, 0.3) is 0 Å². The summed E-state index contributed by atoms with van der Waals surface area (Å²) in [5.41, 5.74) is 1.06. The Labute approximate surface area is 193 Å². The Bertz CT molecular complexity index is 1280. The van der Waals surface area contributed by atoms with Gasteiger partial charge in [-0.3, -0.25) is 19.2 Å². The molecule has 0 radical (unpaired) electrons. The average molecular weight is 461 g/mol. The molecular formula is C24H19N3O7. The highest BCUT2D eigenvalue weighted by Gasteiger charge is 2.37. The van der Waals surface area contributed by atoms with Crippen molar-refractivity contribution in [2.75, 3.05) is 16.8 Å². The van der Waals surface area contributed by atoms with Crippen molar-refractivity contribution in [2.45, 2.75) is 13.5 Å². The van der Waals surface area contributed by atoms with E-state index in [1.54, 1.807) is 24.3 Å². The number of ether oxygens (including phenoxy) is 1. The number of esters is 1. The van der Waals surface area contributed by atoms with E-state index in [0.717, 1.165) is 4.90 Å². The minimum Gasteiger partial charge on any atom is -0.467 e. The number of amides is 4. The van der Waals surface area contributed by atoms with Crippen molar-refractivity contribution in [1.29, 1.82) is 0 Å². The Morgan fingerprint density at radius 1 is 0.971 bits per heavy atom. The van der Waals surface area contributed by atoms with E-state index in [0.29, 0.717) is 17.1 Å². The minimum absolute atomic E-state index is 0.0293. The van der Waals surface area contributed by atoms with Gasteiger partial charge in [-0.1, -0.05) is 0 Å². The summed E-state index contributed by atoms with van der Waals surface area (Å²) in [5, 5.41) is 5.15. The summed E-state index contributed by atoms with van der Waals surface area (Å²) in [5.74, 6) is -2.17. The number of imide groups is 1. The van der Waals surface area contributed by atoms with Gasteiger partial charge in [-0.25, -0.2) is 9.69 Å². The van der Waals surface area contributed by atoms with Gasteiger partial charge in [-0.05, 0) is 54.6 Å². The number of benzene rings is 2. The van der Waals surface area contributed by atoms with Gasteiger partial charge < -0.3 is 19.8 Å². The molecule has 0 aliphatic carbocycles. The standard InChI is InChI=1S/C24H19N3O7/c1-14(28)26-16-5-7-17(8-6-16)27-22(30)19-9-4-15(11-20(19)23(27)31)24(32)34-13-21(29)25-12-18-3-2-10-33-18/h2-11H,12-13H2,1H3,(H,25,29)(H,26,28). The van der Waals surface area contributed by atoms with Crippen molar-refractivity contribution in [1.82, 2.24) is 5.32 Å². The topological polar surface area (TPSA) is 135 Å². The number of nitrogens with one attached hydrogen (secondary N) is 2. The molecular weight excluding hydrogens is 442 g/mol. The lowest BCUT2D eigenvalue weighted by Crippen LogP contribution is -2.29. The lowest BCUT2D eigenvalue weighted by atomic mass is 10.1. The monoisotopic (exact) mass is 461 g/mol. The van der Waals surface area contributed by atoms with Crippen LogP contribution in [0.3, 0.4) is 0 Å². The summed E-state index contributed by atoms with van der Waals surface area (Å²) in [6, 6.07) is 13.6. The average Bonchev–Trinajstić information content (AvgIpc) is 3.43. The van der Waals surface area contributed by atoms with Crippen LogP contribution in [-0.2, 0) is 20.9 Å². The molecule has 2 aromatic carbocycles. The highest BCUT2D eigenvalue weighted by Crippen LogP contribution is 2.30. The highest BCUT2D eigenvalue weighted by molar-refractivity contribution is 6.34. The maximum Gasteiger partial charge on any atom is 0.338 e. The Balaban J connectivity index is 1.41. The second-order valence-electron chi connectivity index (χ2n) is 7.37. The number of carbonyl (C=O) groups is 5. The number of fused-ring (bicyclic) bond motifs is 1. The third-order valence-electron chi connectivity index (χ3n) is 4.94. The summed E-state index contributed by atoms with van der Waals surface area (Å²) in [4.78, 5) is 62.1. The number of hydrogen-bond acceptors (Lipinski definition) is 7. The van der Waals surface area contributed by atoms with Crippen LogP contribution in [0.4, 0.5) is 11.4 Å². The van der Waals surface area contributed by atoms with Gasteiger partial charge in [0.2, 0.25) is 5.91 Å². The number of carbonyl (C=O) groups excluding carboxylic acids is 5. The van der Waals surface area contributed by atoms with Gasteiger partial charge in [-0.2, -0.15) is 0 Å². The molecule has 2 heterocycles. The smallest absolute Gasteiger partial charge is 0.338 e. The predicted molar refractivity (Wildman–Crippen MR) is 119 cm³/mol. The second kappa shape index (κ2) is 9.41. The molecule has 34 heavy (non-hydrogen) atoms. The van der Waals surface area contributed by atoms with Crippen LogP contribution in [0.1, 0.15) is 43.8 Å². The molecule has 3 aromatic rings. The van der Waals surface area contributed by atoms with Crippen molar-refractivity contribution in [3.63, 3.8) is 0 Å². The van der Waals surface area contributed by atoms with Gasteiger partial charge in [0.15, 0.2) is 6.61 Å². The van der Waals surface area contributed by atoms with Crippen LogP contribution in [0.5, 0.6) is 0 Å². The van der Waals surface area contributed by atoms with Gasteiger partial charge in [-0.15, -0.1) is 0 Å². The fraction of sp³-hybridized carbons (Fsp3) is 0.125. The fourth-order valence-electron chi connectivity index (χ4n) is 3.36. The van der Waals surface area contributed by atoms with Crippen LogP contribution in [-0.4, -0.2) is 36.2 Å². The second-order valence-corrected chi connectivity index (χ2v) is 7.37. The van der Waals surface area contributed by atoms with Gasteiger partial charge >= 0.3 is 5.97 Å². The molecule has 0 fully saturated rings. The molecule has 1 aromatic heterocycles. The molecule has 4 rings (SSSR count). The molecule has 0 unspecified atom stereocenters. The number of furan rings is 1. The third-order valence-corrected chi connectivity index (χ3v) is 4.94. The van der Waals surface area contributed by atoms with E-state index >= 15 is 0 Å². The van der Waals surface area contributed by atoms with E-state index in [2.05, 4.69) is 10.6 Å². The highest BCUT2D eigenvalue weighted by atomic mass is 16.5. The van der Waals surface area contributed by atoms with E-state index in [1.165, 1.54) is 43.5 Å². The first-order valence-corrected chi connectivity index (χ1v) is 10.2. The Morgan fingerprint density at radius 3 is 2.38 bits per heavy atom. The SMILES string of the molecule is CC(=O)Nc1ccc(N2C(=O)c3ccc(C(=O)OCC(=O)NCc4ccco4)cc3C2=O)cc1. The van der Waals surface area contributed by atoms with Crippen LogP contribution in [0.15, 0.2) is 65.3 Å². The Morgan fingerprint density at radius 2 is 1.71 bits per heavy atom. The molecule has 0 bridgehead atoms. The summed E-state index contributed by atoms with van der Waals surface area (Å²) < 4.78 is 10.1. The van der Waals surface area contributed by atoms with Gasteiger partial charge in [0.05, 0.1) is 35.2 Å². The van der Waals surface area contributed by atoms with E-state index in [4.69, 9.17) is 9.15 Å². The van der Waals surface area contributed by atoms with Gasteiger partial charge in [0.25, 0.3) is 17.7 Å². The zero-order valence-corrected chi connectivity index (χ0v) is 18.0. The van der Waals surface area contributed by atoms with Crippen molar-refractivity contribution in [3.05, 3.63) is 83.3 Å². The van der Waals surface area contributed by atoms with Crippen molar-refractivity contribution < 1.29 is 33.1 Å². The normalized spacial score (nSPS) is 12.3. The van der Waals surface area contributed by atoms with Crippen LogP contribution < -0.4 is 15.5 Å². The third kappa shape index (κ3) is 4.70. The molecule has 172 valence electrons. The van der Waals surface area contributed by atoms with Crippen LogP contribution in [0, 0.1) is 0 Å². The van der Waals surface area contributed by atoms with Gasteiger partial charge in [0, 0.05) is 12.6 Å². The molecule has 0 atom stereocenters. The largest absolute Gasteiger partial charge is 0.467 e. The van der Waals surface area contributed by atoms with Gasteiger partial charge in [0.1, 0.15) is 5.76 Å². The lowest BCUT2D eigenvalue weighted by Gasteiger charge is -2.14. The number of nitrogens with zero attached hydrogens (tertiary/aromatic N) is 1. The lowest BCUT2D eigenvalue weighted by molar-refractivity contribution is -0.124. The maximum atomic E-state index is 12.9. The predicted octanol–water partition coefficient (Wildman–Crippen LogP) is 2.51. The van der Waals surface area contributed by atoms with Crippen molar-refractivity contribution in [3.8, 4) is 0 Å². The summed E-state index contributed by atoms with van der Waals surface area (Å²) in [7, 11) is 0. The molecule has 1 aliphatic heterocycles. The molecule has 2 N–H and O–H groups in total.